The van der Waals surface area contributed by atoms with Crippen molar-refractivity contribution in [3.05, 3.63) is 0 Å². The number of carboxylic acids is 1. The van der Waals surface area contributed by atoms with Crippen molar-refractivity contribution in [2.75, 3.05) is 27.3 Å². The second kappa shape index (κ2) is 5.44. The van der Waals surface area contributed by atoms with Crippen LogP contribution in [0.25, 0.3) is 0 Å². The highest BCUT2D eigenvalue weighted by molar-refractivity contribution is 5.73. The lowest BCUT2D eigenvalue weighted by molar-refractivity contribution is -0.143. The first-order valence-electron chi connectivity index (χ1n) is 5.16. The first-order chi connectivity index (χ1) is 7.13. The fourth-order valence-corrected chi connectivity index (χ4v) is 2.07. The van der Waals surface area contributed by atoms with Crippen LogP contribution in [-0.4, -0.2) is 61.5 Å². The maximum absolute atomic E-state index is 11.0. The SMILES string of the molecule is CC[C@@H](C(=O)O)N1C[C@H](OC)[C@H](OC)C1. The van der Waals surface area contributed by atoms with Gasteiger partial charge in [0.1, 0.15) is 6.04 Å². The molecule has 0 aromatic rings. The molecule has 5 nitrogen and oxygen atoms in total. The molecule has 0 unspecified atom stereocenters. The van der Waals surface area contributed by atoms with Gasteiger partial charge in [-0.3, -0.25) is 9.69 Å². The number of ether oxygens (including phenoxy) is 2. The summed E-state index contributed by atoms with van der Waals surface area (Å²) in [5.74, 6) is -0.774. The largest absolute Gasteiger partial charge is 0.480 e. The van der Waals surface area contributed by atoms with Gasteiger partial charge in [0.2, 0.25) is 0 Å². The van der Waals surface area contributed by atoms with Crippen molar-refractivity contribution < 1.29 is 19.4 Å². The van der Waals surface area contributed by atoms with E-state index in [4.69, 9.17) is 14.6 Å². The lowest BCUT2D eigenvalue weighted by atomic mass is 10.2. The molecule has 1 rings (SSSR count). The molecule has 0 spiro atoms. The normalized spacial score (nSPS) is 29.3. The third kappa shape index (κ3) is 2.68. The van der Waals surface area contributed by atoms with Crippen LogP contribution < -0.4 is 0 Å². The zero-order valence-corrected chi connectivity index (χ0v) is 9.47. The van der Waals surface area contributed by atoms with Crippen molar-refractivity contribution in [1.82, 2.24) is 4.90 Å². The number of nitrogens with zero attached hydrogens (tertiary/aromatic N) is 1. The molecular formula is C10H19NO4. The quantitative estimate of drug-likeness (QED) is 0.712. The van der Waals surface area contributed by atoms with Gasteiger partial charge in [0.25, 0.3) is 0 Å². The predicted molar refractivity (Wildman–Crippen MR) is 54.9 cm³/mol. The Morgan fingerprint density at radius 2 is 1.87 bits per heavy atom. The van der Waals surface area contributed by atoms with Gasteiger partial charge >= 0.3 is 5.97 Å². The van der Waals surface area contributed by atoms with Gasteiger partial charge in [-0.05, 0) is 6.42 Å². The molecule has 0 saturated carbocycles. The zero-order chi connectivity index (χ0) is 11.4. The summed E-state index contributed by atoms with van der Waals surface area (Å²) in [4.78, 5) is 12.9. The average molecular weight is 217 g/mol. The minimum atomic E-state index is -0.774. The smallest absolute Gasteiger partial charge is 0.320 e. The van der Waals surface area contributed by atoms with Crippen molar-refractivity contribution in [1.29, 1.82) is 0 Å². The van der Waals surface area contributed by atoms with Gasteiger partial charge < -0.3 is 14.6 Å². The Bertz CT molecular complexity index is 209. The summed E-state index contributed by atoms with van der Waals surface area (Å²) < 4.78 is 10.5. The van der Waals surface area contributed by atoms with Crippen LogP contribution in [-0.2, 0) is 14.3 Å². The van der Waals surface area contributed by atoms with Crippen molar-refractivity contribution in [3.63, 3.8) is 0 Å². The second-order valence-corrected chi connectivity index (χ2v) is 3.76. The van der Waals surface area contributed by atoms with E-state index < -0.39 is 12.0 Å². The highest BCUT2D eigenvalue weighted by atomic mass is 16.5. The molecule has 3 atom stereocenters. The summed E-state index contributed by atoms with van der Waals surface area (Å²) >= 11 is 0. The molecule has 1 heterocycles. The van der Waals surface area contributed by atoms with E-state index in [0.29, 0.717) is 19.5 Å². The lowest BCUT2D eigenvalue weighted by Gasteiger charge is -2.22. The Labute approximate surface area is 90.0 Å². The standard InChI is InChI=1S/C10H19NO4/c1-4-7(10(12)13)11-5-8(14-2)9(6-11)15-3/h7-9H,4-6H2,1-3H3,(H,12,13)/t7-,8-,9+/m0/s1. The molecule has 88 valence electrons. The fraction of sp³-hybridized carbons (Fsp3) is 0.900. The van der Waals surface area contributed by atoms with Crippen molar-refractivity contribution in [3.8, 4) is 0 Å². The predicted octanol–water partition coefficient (Wildman–Crippen LogP) is 0.195. The summed E-state index contributed by atoms with van der Waals surface area (Å²) in [6.07, 6.45) is 0.550. The molecule has 1 fully saturated rings. The lowest BCUT2D eigenvalue weighted by Crippen LogP contribution is -2.40. The fourth-order valence-electron chi connectivity index (χ4n) is 2.07. The third-order valence-electron chi connectivity index (χ3n) is 2.96. The van der Waals surface area contributed by atoms with Crippen LogP contribution in [0, 0.1) is 0 Å². The van der Waals surface area contributed by atoms with E-state index in [-0.39, 0.29) is 12.2 Å². The molecule has 15 heavy (non-hydrogen) atoms. The van der Waals surface area contributed by atoms with Crippen molar-refractivity contribution in [2.45, 2.75) is 31.6 Å². The number of hydrogen-bond acceptors (Lipinski definition) is 4. The average Bonchev–Trinajstić information content (AvgIpc) is 2.61. The van der Waals surface area contributed by atoms with E-state index in [1.807, 2.05) is 11.8 Å². The summed E-state index contributed by atoms with van der Waals surface area (Å²) in [6.45, 7) is 3.13. The van der Waals surface area contributed by atoms with E-state index in [2.05, 4.69) is 0 Å². The van der Waals surface area contributed by atoms with Gasteiger partial charge in [0, 0.05) is 27.3 Å². The van der Waals surface area contributed by atoms with E-state index >= 15 is 0 Å². The highest BCUT2D eigenvalue weighted by Gasteiger charge is 2.38. The molecule has 1 N–H and O–H groups in total. The van der Waals surface area contributed by atoms with Crippen LogP contribution in [0.1, 0.15) is 13.3 Å². The number of rotatable bonds is 5. The maximum Gasteiger partial charge on any atom is 0.320 e. The van der Waals surface area contributed by atoms with Crippen LogP contribution in [0.15, 0.2) is 0 Å². The number of carboxylic acid groups (broad SMARTS) is 1. The summed E-state index contributed by atoms with van der Waals surface area (Å²) in [5, 5.41) is 9.03. The van der Waals surface area contributed by atoms with E-state index in [9.17, 15) is 4.79 Å². The number of carbonyl (C=O) groups is 1. The highest BCUT2D eigenvalue weighted by Crippen LogP contribution is 2.19. The van der Waals surface area contributed by atoms with E-state index in [1.54, 1.807) is 14.2 Å². The molecule has 0 aliphatic carbocycles. The monoisotopic (exact) mass is 217 g/mol. The Balaban J connectivity index is 2.62. The van der Waals surface area contributed by atoms with Crippen LogP contribution in [0.4, 0.5) is 0 Å². The molecule has 1 aliphatic rings. The molecule has 0 amide bonds. The van der Waals surface area contributed by atoms with Crippen molar-refractivity contribution in [2.24, 2.45) is 0 Å². The maximum atomic E-state index is 11.0. The Kier molecular flexibility index (Phi) is 4.50. The van der Waals surface area contributed by atoms with Gasteiger partial charge in [0.15, 0.2) is 0 Å². The van der Waals surface area contributed by atoms with Gasteiger partial charge in [-0.1, -0.05) is 6.92 Å². The Morgan fingerprint density at radius 1 is 1.40 bits per heavy atom. The number of methoxy groups -OCH3 is 2. The number of likely N-dealkylation sites (tertiary alicyclic amines) is 1. The molecule has 0 aromatic carbocycles. The third-order valence-corrected chi connectivity index (χ3v) is 2.96. The van der Waals surface area contributed by atoms with Crippen LogP contribution >= 0.6 is 0 Å². The first-order valence-corrected chi connectivity index (χ1v) is 5.16. The molecule has 0 radical (unpaired) electrons. The zero-order valence-electron chi connectivity index (χ0n) is 9.47. The minimum absolute atomic E-state index is 0.0246. The minimum Gasteiger partial charge on any atom is -0.480 e. The van der Waals surface area contributed by atoms with E-state index in [1.165, 1.54) is 0 Å². The van der Waals surface area contributed by atoms with Crippen LogP contribution in [0.3, 0.4) is 0 Å². The Morgan fingerprint density at radius 3 is 2.13 bits per heavy atom. The topological polar surface area (TPSA) is 59.0 Å². The molecule has 1 aliphatic heterocycles. The van der Waals surface area contributed by atoms with Crippen molar-refractivity contribution >= 4 is 5.97 Å². The van der Waals surface area contributed by atoms with Gasteiger partial charge in [-0.25, -0.2) is 0 Å². The molecule has 0 aromatic heterocycles. The second-order valence-electron chi connectivity index (χ2n) is 3.76. The van der Waals surface area contributed by atoms with Gasteiger partial charge in [-0.15, -0.1) is 0 Å². The number of hydrogen-bond donors (Lipinski definition) is 1. The van der Waals surface area contributed by atoms with E-state index in [0.717, 1.165) is 0 Å². The molecule has 1 saturated heterocycles. The molecule has 0 bridgehead atoms. The number of aliphatic carboxylic acids is 1. The Hall–Kier alpha value is -0.650. The summed E-state index contributed by atoms with van der Waals surface area (Å²) in [6, 6.07) is -0.428. The molecular weight excluding hydrogens is 198 g/mol. The van der Waals surface area contributed by atoms with Crippen LogP contribution in [0.2, 0.25) is 0 Å². The van der Waals surface area contributed by atoms with Crippen LogP contribution in [0.5, 0.6) is 0 Å². The van der Waals surface area contributed by atoms with Gasteiger partial charge in [-0.2, -0.15) is 0 Å². The summed E-state index contributed by atoms with van der Waals surface area (Å²) in [7, 11) is 3.25. The molecule has 5 heteroatoms. The van der Waals surface area contributed by atoms with Gasteiger partial charge in [0.05, 0.1) is 12.2 Å². The first kappa shape index (κ1) is 12.4. The summed E-state index contributed by atoms with van der Waals surface area (Å²) in [5.41, 5.74) is 0.